The lowest BCUT2D eigenvalue weighted by Crippen LogP contribution is -2.14. The Morgan fingerprint density at radius 1 is 1.21 bits per heavy atom. The molecule has 0 spiro atoms. The number of carbonyl (C=O) groups excluding carboxylic acids is 1. The SMILES string of the molecule is CC(C)n1ncc2cc(NC(=O)c3occc3COc3ccccc3)cnc21. The standard InChI is InChI=1S/C21H20N4O3/c1-14(2)25-20-16(11-23-25)10-17(12-22-20)24-21(26)19-15(8-9-27-19)13-28-18-6-4-3-5-7-18/h3-12,14H,13H2,1-2H3,(H,24,26). The fourth-order valence-corrected chi connectivity index (χ4v) is 2.90. The molecule has 0 bridgehead atoms. The van der Waals surface area contributed by atoms with E-state index in [0.29, 0.717) is 11.3 Å². The lowest BCUT2D eigenvalue weighted by Gasteiger charge is -2.08. The predicted octanol–water partition coefficient (Wildman–Crippen LogP) is 4.44. The first-order chi connectivity index (χ1) is 13.6. The molecule has 0 aliphatic rings. The molecule has 1 amide bonds. The number of hydrogen-bond acceptors (Lipinski definition) is 5. The molecule has 7 nitrogen and oxygen atoms in total. The van der Waals surface area contributed by atoms with Crippen LogP contribution in [0.3, 0.4) is 0 Å². The van der Waals surface area contributed by atoms with Crippen LogP contribution in [-0.2, 0) is 6.61 Å². The van der Waals surface area contributed by atoms with Crippen LogP contribution in [0.5, 0.6) is 5.75 Å². The van der Waals surface area contributed by atoms with E-state index in [-0.39, 0.29) is 24.3 Å². The number of rotatable bonds is 6. The van der Waals surface area contributed by atoms with Crippen molar-refractivity contribution in [3.05, 3.63) is 72.4 Å². The Balaban J connectivity index is 1.48. The first kappa shape index (κ1) is 17.8. The Kier molecular flexibility index (Phi) is 4.80. The Labute approximate surface area is 161 Å². The highest BCUT2D eigenvalue weighted by Crippen LogP contribution is 2.21. The third-order valence-corrected chi connectivity index (χ3v) is 4.27. The van der Waals surface area contributed by atoms with Crippen LogP contribution in [-0.4, -0.2) is 20.7 Å². The molecule has 0 aliphatic heterocycles. The second-order valence-electron chi connectivity index (χ2n) is 6.65. The molecular formula is C21H20N4O3. The summed E-state index contributed by atoms with van der Waals surface area (Å²) in [7, 11) is 0. The van der Waals surface area contributed by atoms with Crippen LogP contribution in [0.2, 0.25) is 0 Å². The zero-order valence-corrected chi connectivity index (χ0v) is 15.6. The molecule has 4 aromatic rings. The molecule has 3 aromatic heterocycles. The summed E-state index contributed by atoms with van der Waals surface area (Å²) in [6.07, 6.45) is 4.83. The van der Waals surface area contributed by atoms with Crippen molar-refractivity contribution in [2.45, 2.75) is 26.5 Å². The Hall–Kier alpha value is -3.61. The van der Waals surface area contributed by atoms with Gasteiger partial charge < -0.3 is 14.5 Å². The Morgan fingerprint density at radius 3 is 2.82 bits per heavy atom. The van der Waals surface area contributed by atoms with Crippen molar-refractivity contribution in [2.24, 2.45) is 0 Å². The van der Waals surface area contributed by atoms with Gasteiger partial charge in [0.05, 0.1) is 24.3 Å². The molecule has 1 aromatic carbocycles. The first-order valence-corrected chi connectivity index (χ1v) is 9.00. The van der Waals surface area contributed by atoms with Gasteiger partial charge in [0.15, 0.2) is 11.4 Å². The van der Waals surface area contributed by atoms with E-state index in [1.165, 1.54) is 6.26 Å². The van der Waals surface area contributed by atoms with Crippen LogP contribution in [0, 0.1) is 0 Å². The quantitative estimate of drug-likeness (QED) is 0.538. The van der Waals surface area contributed by atoms with E-state index in [4.69, 9.17) is 9.15 Å². The largest absolute Gasteiger partial charge is 0.489 e. The minimum Gasteiger partial charge on any atom is -0.489 e. The number of nitrogens with zero attached hydrogens (tertiary/aromatic N) is 3. The van der Waals surface area contributed by atoms with Crippen LogP contribution < -0.4 is 10.1 Å². The van der Waals surface area contributed by atoms with Gasteiger partial charge in [-0.05, 0) is 38.1 Å². The summed E-state index contributed by atoms with van der Waals surface area (Å²) >= 11 is 0. The summed E-state index contributed by atoms with van der Waals surface area (Å²) in [5.41, 5.74) is 2.03. The molecular weight excluding hydrogens is 356 g/mol. The highest BCUT2D eigenvalue weighted by atomic mass is 16.5. The number of para-hydroxylation sites is 1. The zero-order valence-electron chi connectivity index (χ0n) is 15.6. The third-order valence-electron chi connectivity index (χ3n) is 4.27. The molecule has 0 saturated carbocycles. The van der Waals surface area contributed by atoms with Crippen LogP contribution in [0.4, 0.5) is 5.69 Å². The summed E-state index contributed by atoms with van der Waals surface area (Å²) in [6.45, 7) is 4.32. The smallest absolute Gasteiger partial charge is 0.291 e. The molecule has 0 fully saturated rings. The van der Waals surface area contributed by atoms with Gasteiger partial charge in [-0.25, -0.2) is 9.67 Å². The van der Waals surface area contributed by atoms with Gasteiger partial charge in [0, 0.05) is 17.0 Å². The molecule has 0 unspecified atom stereocenters. The maximum Gasteiger partial charge on any atom is 0.291 e. The molecule has 0 aliphatic carbocycles. The maximum absolute atomic E-state index is 12.6. The van der Waals surface area contributed by atoms with Gasteiger partial charge in [-0.2, -0.15) is 5.10 Å². The number of nitrogens with one attached hydrogen (secondary N) is 1. The normalized spacial score (nSPS) is 11.1. The Morgan fingerprint density at radius 2 is 2.04 bits per heavy atom. The van der Waals surface area contributed by atoms with Crippen molar-refractivity contribution in [1.29, 1.82) is 0 Å². The number of anilines is 1. The van der Waals surface area contributed by atoms with Crippen molar-refractivity contribution < 1.29 is 13.9 Å². The number of hydrogen-bond donors (Lipinski definition) is 1. The van der Waals surface area contributed by atoms with Crippen LogP contribution in [0.1, 0.15) is 36.0 Å². The number of aromatic nitrogens is 3. The molecule has 0 radical (unpaired) electrons. The van der Waals surface area contributed by atoms with E-state index >= 15 is 0 Å². The molecule has 1 N–H and O–H groups in total. The molecule has 4 rings (SSSR count). The third kappa shape index (κ3) is 3.59. The summed E-state index contributed by atoms with van der Waals surface area (Å²) in [5, 5.41) is 8.02. The van der Waals surface area contributed by atoms with E-state index in [1.54, 1.807) is 18.5 Å². The number of benzene rings is 1. The lowest BCUT2D eigenvalue weighted by molar-refractivity contribution is 0.0993. The topological polar surface area (TPSA) is 82.2 Å². The fraction of sp³-hybridized carbons (Fsp3) is 0.190. The minimum absolute atomic E-state index is 0.209. The van der Waals surface area contributed by atoms with E-state index < -0.39 is 0 Å². The molecule has 0 saturated heterocycles. The summed E-state index contributed by atoms with van der Waals surface area (Å²) in [5.74, 6) is 0.592. The monoisotopic (exact) mass is 376 g/mol. The molecule has 142 valence electrons. The van der Waals surface area contributed by atoms with E-state index in [1.807, 2.05) is 54.9 Å². The molecule has 7 heteroatoms. The van der Waals surface area contributed by atoms with Gasteiger partial charge in [0.1, 0.15) is 12.4 Å². The van der Waals surface area contributed by atoms with Gasteiger partial charge in [0.2, 0.25) is 0 Å². The zero-order chi connectivity index (χ0) is 19.5. The molecule has 0 atom stereocenters. The van der Waals surface area contributed by atoms with Gasteiger partial charge in [-0.3, -0.25) is 4.79 Å². The van der Waals surface area contributed by atoms with Crippen LogP contribution in [0.25, 0.3) is 11.0 Å². The van der Waals surface area contributed by atoms with E-state index in [2.05, 4.69) is 15.4 Å². The van der Waals surface area contributed by atoms with Gasteiger partial charge >= 0.3 is 0 Å². The summed E-state index contributed by atoms with van der Waals surface area (Å²) < 4.78 is 12.9. The predicted molar refractivity (Wildman–Crippen MR) is 105 cm³/mol. The molecule has 28 heavy (non-hydrogen) atoms. The van der Waals surface area contributed by atoms with Gasteiger partial charge in [-0.1, -0.05) is 18.2 Å². The number of furan rings is 1. The average Bonchev–Trinajstić information content (AvgIpc) is 3.33. The first-order valence-electron chi connectivity index (χ1n) is 9.00. The van der Waals surface area contributed by atoms with Crippen molar-refractivity contribution in [3.8, 4) is 5.75 Å². The van der Waals surface area contributed by atoms with Crippen LogP contribution >= 0.6 is 0 Å². The van der Waals surface area contributed by atoms with E-state index in [9.17, 15) is 4.79 Å². The second-order valence-corrected chi connectivity index (χ2v) is 6.65. The summed E-state index contributed by atoms with van der Waals surface area (Å²) in [6, 6.07) is 13.2. The van der Waals surface area contributed by atoms with Gasteiger partial charge in [0.25, 0.3) is 5.91 Å². The van der Waals surface area contributed by atoms with Crippen LogP contribution in [0.15, 0.2) is 65.5 Å². The fourth-order valence-electron chi connectivity index (χ4n) is 2.90. The maximum atomic E-state index is 12.6. The Bertz CT molecular complexity index is 1100. The minimum atomic E-state index is -0.353. The highest BCUT2D eigenvalue weighted by molar-refractivity contribution is 6.03. The number of pyridine rings is 1. The lowest BCUT2D eigenvalue weighted by atomic mass is 10.2. The number of amides is 1. The van der Waals surface area contributed by atoms with Crippen molar-refractivity contribution >= 4 is 22.6 Å². The van der Waals surface area contributed by atoms with Gasteiger partial charge in [-0.15, -0.1) is 0 Å². The number of ether oxygens (including phenoxy) is 1. The highest BCUT2D eigenvalue weighted by Gasteiger charge is 2.17. The number of carbonyl (C=O) groups is 1. The van der Waals surface area contributed by atoms with Crippen molar-refractivity contribution in [3.63, 3.8) is 0 Å². The summed E-state index contributed by atoms with van der Waals surface area (Å²) in [4.78, 5) is 17.1. The molecule has 3 heterocycles. The number of fused-ring (bicyclic) bond motifs is 1. The van der Waals surface area contributed by atoms with E-state index in [0.717, 1.165) is 16.8 Å². The van der Waals surface area contributed by atoms with Crippen molar-refractivity contribution in [2.75, 3.05) is 5.32 Å². The average molecular weight is 376 g/mol. The van der Waals surface area contributed by atoms with Crippen molar-refractivity contribution in [1.82, 2.24) is 14.8 Å². The second kappa shape index (κ2) is 7.56.